The predicted molar refractivity (Wildman–Crippen MR) is 99.4 cm³/mol. The quantitative estimate of drug-likeness (QED) is 0.882. The van der Waals surface area contributed by atoms with Gasteiger partial charge in [-0.1, -0.05) is 37.3 Å². The van der Waals surface area contributed by atoms with Gasteiger partial charge in [-0.3, -0.25) is 4.90 Å². The van der Waals surface area contributed by atoms with Crippen molar-refractivity contribution in [1.29, 1.82) is 0 Å². The average Bonchev–Trinajstić information content (AvgIpc) is 2.64. The van der Waals surface area contributed by atoms with Gasteiger partial charge in [0.1, 0.15) is 0 Å². The van der Waals surface area contributed by atoms with Crippen LogP contribution >= 0.6 is 0 Å². The van der Waals surface area contributed by atoms with E-state index < -0.39 is 0 Å². The first-order valence-electron chi connectivity index (χ1n) is 9.63. The summed E-state index contributed by atoms with van der Waals surface area (Å²) < 4.78 is 0. The number of piperidine rings is 2. The second-order valence-corrected chi connectivity index (χ2v) is 7.57. The van der Waals surface area contributed by atoms with Crippen LogP contribution < -0.4 is 5.32 Å². The number of aliphatic hydroxyl groups is 1. The fourth-order valence-electron chi connectivity index (χ4n) is 3.91. The number of β-amino-alcohol motifs (C(OH)–C–C–N with tert-alkyl or cyclic N) is 1. The van der Waals surface area contributed by atoms with Crippen molar-refractivity contribution in [3.8, 4) is 0 Å². The molecule has 0 spiro atoms. The zero-order valence-corrected chi connectivity index (χ0v) is 15.2. The maximum Gasteiger partial charge on any atom is 0.317 e. The molecule has 0 saturated carbocycles. The van der Waals surface area contributed by atoms with E-state index in [2.05, 4.69) is 41.4 Å². The van der Waals surface area contributed by atoms with E-state index in [9.17, 15) is 9.90 Å². The van der Waals surface area contributed by atoms with Crippen molar-refractivity contribution in [2.24, 2.45) is 5.92 Å². The summed E-state index contributed by atoms with van der Waals surface area (Å²) in [5, 5.41) is 12.9. The number of carbonyl (C=O) groups excluding carboxylic acids is 1. The lowest BCUT2D eigenvalue weighted by molar-refractivity contribution is 0.0823. The van der Waals surface area contributed by atoms with Gasteiger partial charge in [-0.05, 0) is 50.3 Å². The predicted octanol–water partition coefficient (Wildman–Crippen LogP) is 2.63. The number of nitrogens with one attached hydrogen (secondary N) is 1. The molecule has 3 rings (SSSR count). The Kier molecular flexibility index (Phi) is 6.32. The van der Waals surface area contributed by atoms with Gasteiger partial charge in [0.2, 0.25) is 0 Å². The summed E-state index contributed by atoms with van der Waals surface area (Å²) in [6.07, 6.45) is 3.72. The maximum absolute atomic E-state index is 12.5. The summed E-state index contributed by atoms with van der Waals surface area (Å²) >= 11 is 0. The third-order valence-corrected chi connectivity index (χ3v) is 5.57. The van der Waals surface area contributed by atoms with Gasteiger partial charge in [-0.2, -0.15) is 0 Å². The molecule has 5 nitrogen and oxygen atoms in total. The van der Waals surface area contributed by atoms with Crippen LogP contribution in [0.25, 0.3) is 0 Å². The van der Waals surface area contributed by atoms with Gasteiger partial charge in [0.05, 0.1) is 12.1 Å². The van der Waals surface area contributed by atoms with Crippen molar-refractivity contribution in [2.45, 2.75) is 44.8 Å². The van der Waals surface area contributed by atoms with E-state index in [1.807, 2.05) is 6.07 Å². The minimum absolute atomic E-state index is 0.0509. The molecule has 2 fully saturated rings. The lowest BCUT2D eigenvalue weighted by Gasteiger charge is -2.38. The highest BCUT2D eigenvalue weighted by Crippen LogP contribution is 2.26. The monoisotopic (exact) mass is 345 g/mol. The van der Waals surface area contributed by atoms with Crippen LogP contribution in [0.3, 0.4) is 0 Å². The highest BCUT2D eigenvalue weighted by Gasteiger charge is 2.27. The maximum atomic E-state index is 12.5. The van der Waals surface area contributed by atoms with Crippen LogP contribution in [-0.4, -0.2) is 59.8 Å². The normalized spacial score (nSPS) is 24.1. The van der Waals surface area contributed by atoms with Gasteiger partial charge < -0.3 is 15.3 Å². The summed E-state index contributed by atoms with van der Waals surface area (Å²) in [5.41, 5.74) is 1.26. The van der Waals surface area contributed by atoms with E-state index in [-0.39, 0.29) is 18.2 Å². The lowest BCUT2D eigenvalue weighted by Crippen LogP contribution is -2.49. The molecule has 0 radical (unpaired) electrons. The Morgan fingerprint density at radius 2 is 1.92 bits per heavy atom. The van der Waals surface area contributed by atoms with Gasteiger partial charge in [0.25, 0.3) is 0 Å². The van der Waals surface area contributed by atoms with Gasteiger partial charge in [0, 0.05) is 19.6 Å². The number of nitrogens with zero attached hydrogens (tertiary/aromatic N) is 2. The molecule has 138 valence electrons. The van der Waals surface area contributed by atoms with Gasteiger partial charge >= 0.3 is 6.03 Å². The average molecular weight is 345 g/mol. The van der Waals surface area contributed by atoms with Gasteiger partial charge in [0.15, 0.2) is 0 Å². The Balaban J connectivity index is 1.62. The molecule has 0 aliphatic carbocycles. The molecule has 2 atom stereocenters. The van der Waals surface area contributed by atoms with Crippen LogP contribution in [0, 0.1) is 5.92 Å². The highest BCUT2D eigenvalue weighted by atomic mass is 16.3. The smallest absolute Gasteiger partial charge is 0.317 e. The standard InChI is InChI=1S/C20H31N3O2/c1-16-9-12-22(13-10-16)19(17-6-3-2-4-7-17)14-21-20(25)23-11-5-8-18(24)15-23/h2-4,6-7,16,18-19,24H,5,8-15H2,1H3,(H,21,25)/t18-,19+/m1/s1. The minimum Gasteiger partial charge on any atom is -0.391 e. The first-order chi connectivity index (χ1) is 12.1. The molecule has 5 heteroatoms. The molecule has 2 heterocycles. The Hall–Kier alpha value is -1.59. The topological polar surface area (TPSA) is 55.8 Å². The van der Waals surface area contributed by atoms with Crippen molar-refractivity contribution >= 4 is 6.03 Å². The molecule has 1 aromatic rings. The van der Waals surface area contributed by atoms with Crippen molar-refractivity contribution in [1.82, 2.24) is 15.1 Å². The number of amides is 2. The molecule has 1 aromatic carbocycles. The molecular formula is C20H31N3O2. The Labute approximate surface area is 151 Å². The molecule has 2 N–H and O–H groups in total. The summed E-state index contributed by atoms with van der Waals surface area (Å²) in [7, 11) is 0. The van der Waals surface area contributed by atoms with E-state index in [1.54, 1.807) is 4.90 Å². The molecule has 0 unspecified atom stereocenters. The van der Waals surface area contributed by atoms with Crippen LogP contribution in [0.1, 0.15) is 44.2 Å². The first kappa shape index (κ1) is 18.2. The van der Waals surface area contributed by atoms with Crippen LogP contribution in [-0.2, 0) is 0 Å². The summed E-state index contributed by atoms with van der Waals surface area (Å²) in [5.74, 6) is 0.789. The molecule has 0 aromatic heterocycles. The Morgan fingerprint density at radius 3 is 2.60 bits per heavy atom. The van der Waals surface area contributed by atoms with Gasteiger partial charge in [-0.25, -0.2) is 4.79 Å². The summed E-state index contributed by atoms with van der Waals surface area (Å²) in [4.78, 5) is 16.7. The molecule has 2 aliphatic heterocycles. The number of rotatable bonds is 4. The highest BCUT2D eigenvalue weighted by molar-refractivity contribution is 5.74. The largest absolute Gasteiger partial charge is 0.391 e. The molecule has 25 heavy (non-hydrogen) atoms. The number of hydrogen-bond acceptors (Lipinski definition) is 3. The molecule has 0 bridgehead atoms. The molecule has 2 amide bonds. The number of aliphatic hydroxyl groups excluding tert-OH is 1. The Morgan fingerprint density at radius 1 is 1.20 bits per heavy atom. The number of benzene rings is 1. The number of urea groups is 1. The SMILES string of the molecule is CC1CCN([C@@H](CNC(=O)N2CCC[C@@H](O)C2)c2ccccc2)CC1. The van der Waals surface area contributed by atoms with Crippen molar-refractivity contribution in [2.75, 3.05) is 32.7 Å². The minimum atomic E-state index is -0.381. The third kappa shape index (κ3) is 4.95. The number of likely N-dealkylation sites (tertiary alicyclic amines) is 2. The summed E-state index contributed by atoms with van der Waals surface area (Å²) in [6, 6.07) is 10.6. The third-order valence-electron chi connectivity index (χ3n) is 5.57. The van der Waals surface area contributed by atoms with Crippen LogP contribution in [0.2, 0.25) is 0 Å². The molecular weight excluding hydrogens is 314 g/mol. The van der Waals surface area contributed by atoms with E-state index in [0.717, 1.165) is 38.4 Å². The molecule has 2 aliphatic rings. The van der Waals surface area contributed by atoms with Gasteiger partial charge in [-0.15, -0.1) is 0 Å². The number of hydrogen-bond donors (Lipinski definition) is 2. The number of carbonyl (C=O) groups is 1. The first-order valence-corrected chi connectivity index (χ1v) is 9.63. The second-order valence-electron chi connectivity index (χ2n) is 7.57. The van der Waals surface area contributed by atoms with E-state index in [4.69, 9.17) is 0 Å². The lowest BCUT2D eigenvalue weighted by atomic mass is 9.95. The van der Waals surface area contributed by atoms with E-state index in [0.29, 0.717) is 13.1 Å². The van der Waals surface area contributed by atoms with Crippen molar-refractivity contribution < 1.29 is 9.90 Å². The van der Waals surface area contributed by atoms with Crippen molar-refractivity contribution in [3.05, 3.63) is 35.9 Å². The Bertz CT molecular complexity index is 543. The zero-order chi connectivity index (χ0) is 17.6. The van der Waals surface area contributed by atoms with Crippen LogP contribution in [0.5, 0.6) is 0 Å². The van der Waals surface area contributed by atoms with E-state index in [1.165, 1.54) is 18.4 Å². The van der Waals surface area contributed by atoms with Crippen molar-refractivity contribution in [3.63, 3.8) is 0 Å². The second kappa shape index (κ2) is 8.68. The van der Waals surface area contributed by atoms with Crippen LogP contribution in [0.15, 0.2) is 30.3 Å². The fourth-order valence-corrected chi connectivity index (χ4v) is 3.91. The molecule has 2 saturated heterocycles. The van der Waals surface area contributed by atoms with Crippen LogP contribution in [0.4, 0.5) is 4.79 Å². The fraction of sp³-hybridized carbons (Fsp3) is 0.650. The van der Waals surface area contributed by atoms with E-state index >= 15 is 0 Å². The zero-order valence-electron chi connectivity index (χ0n) is 15.2. The summed E-state index contributed by atoms with van der Waals surface area (Å²) in [6.45, 7) is 6.28.